The average molecular weight is 344 g/mol. The molecule has 0 aliphatic carbocycles. The van der Waals surface area contributed by atoms with Crippen molar-refractivity contribution in [2.75, 3.05) is 45.3 Å². The van der Waals surface area contributed by atoms with E-state index in [0.717, 1.165) is 17.2 Å². The summed E-state index contributed by atoms with van der Waals surface area (Å²) in [7, 11) is 3.25. The topological polar surface area (TPSA) is 42.0 Å². The molecule has 0 bridgehead atoms. The van der Waals surface area contributed by atoms with Crippen molar-refractivity contribution in [3.63, 3.8) is 0 Å². The van der Waals surface area contributed by atoms with Crippen LogP contribution in [0.15, 0.2) is 42.5 Å². The van der Waals surface area contributed by atoms with Gasteiger partial charge in [-0.25, -0.2) is 4.39 Å². The van der Waals surface area contributed by atoms with Gasteiger partial charge in [-0.15, -0.1) is 0 Å². The van der Waals surface area contributed by atoms with E-state index >= 15 is 0 Å². The number of methoxy groups -OCH3 is 2. The van der Waals surface area contributed by atoms with Gasteiger partial charge in [0.25, 0.3) is 5.91 Å². The summed E-state index contributed by atoms with van der Waals surface area (Å²) in [6, 6.07) is 11.7. The number of hydrogen-bond donors (Lipinski definition) is 0. The van der Waals surface area contributed by atoms with Crippen molar-refractivity contribution in [1.82, 2.24) is 4.90 Å². The van der Waals surface area contributed by atoms with Crippen LogP contribution >= 0.6 is 0 Å². The van der Waals surface area contributed by atoms with Gasteiger partial charge in [-0.1, -0.05) is 12.1 Å². The van der Waals surface area contributed by atoms with Crippen molar-refractivity contribution >= 4 is 11.6 Å². The first-order valence-electron chi connectivity index (χ1n) is 8.15. The minimum Gasteiger partial charge on any atom is -0.497 e. The molecule has 1 fully saturated rings. The van der Waals surface area contributed by atoms with Gasteiger partial charge in [0.2, 0.25) is 0 Å². The molecule has 0 radical (unpaired) electrons. The van der Waals surface area contributed by atoms with E-state index in [1.807, 2.05) is 18.2 Å². The van der Waals surface area contributed by atoms with Gasteiger partial charge >= 0.3 is 0 Å². The SMILES string of the molecule is COc1ccc(OC)c(N2CCN(C(=O)c3ccccc3F)CC2)c1. The molecule has 0 spiro atoms. The lowest BCUT2D eigenvalue weighted by molar-refractivity contribution is 0.0742. The molecule has 1 saturated heterocycles. The summed E-state index contributed by atoms with van der Waals surface area (Å²) in [4.78, 5) is 16.3. The summed E-state index contributed by atoms with van der Waals surface area (Å²) in [5.74, 6) is 0.759. The lowest BCUT2D eigenvalue weighted by atomic mass is 10.1. The van der Waals surface area contributed by atoms with E-state index in [0.29, 0.717) is 26.2 Å². The molecule has 1 aliphatic rings. The Bertz CT molecular complexity index is 758. The molecule has 25 heavy (non-hydrogen) atoms. The van der Waals surface area contributed by atoms with Crippen LogP contribution in [0.1, 0.15) is 10.4 Å². The van der Waals surface area contributed by atoms with Gasteiger partial charge in [0.15, 0.2) is 0 Å². The Hall–Kier alpha value is -2.76. The van der Waals surface area contributed by atoms with Crippen molar-refractivity contribution in [1.29, 1.82) is 0 Å². The molecular formula is C19H21FN2O3. The molecule has 0 aromatic heterocycles. The van der Waals surface area contributed by atoms with Gasteiger partial charge in [0.1, 0.15) is 17.3 Å². The first kappa shape index (κ1) is 17.1. The second-order valence-electron chi connectivity index (χ2n) is 5.80. The first-order chi connectivity index (χ1) is 12.1. The Morgan fingerprint density at radius 2 is 1.72 bits per heavy atom. The van der Waals surface area contributed by atoms with Crippen molar-refractivity contribution in [2.24, 2.45) is 0 Å². The number of ether oxygens (including phenoxy) is 2. The highest BCUT2D eigenvalue weighted by molar-refractivity contribution is 5.94. The van der Waals surface area contributed by atoms with E-state index in [1.54, 1.807) is 31.3 Å². The van der Waals surface area contributed by atoms with Crippen LogP contribution < -0.4 is 14.4 Å². The highest BCUT2D eigenvalue weighted by Gasteiger charge is 2.25. The summed E-state index contributed by atoms with van der Waals surface area (Å²) in [5.41, 5.74) is 1.05. The molecule has 0 N–H and O–H groups in total. The second kappa shape index (κ2) is 7.42. The summed E-state index contributed by atoms with van der Waals surface area (Å²) in [6.45, 7) is 2.33. The van der Waals surface area contributed by atoms with E-state index < -0.39 is 5.82 Å². The number of anilines is 1. The van der Waals surface area contributed by atoms with Crippen LogP contribution in [-0.4, -0.2) is 51.2 Å². The Morgan fingerprint density at radius 3 is 2.36 bits per heavy atom. The van der Waals surface area contributed by atoms with E-state index in [-0.39, 0.29) is 11.5 Å². The maximum Gasteiger partial charge on any atom is 0.256 e. The minimum atomic E-state index is -0.482. The monoisotopic (exact) mass is 344 g/mol. The van der Waals surface area contributed by atoms with Crippen LogP contribution in [-0.2, 0) is 0 Å². The molecule has 1 heterocycles. The normalized spacial score (nSPS) is 14.4. The number of halogens is 1. The maximum atomic E-state index is 13.8. The number of carbonyl (C=O) groups is 1. The standard InChI is InChI=1S/C19H21FN2O3/c1-24-14-7-8-18(25-2)17(13-14)21-9-11-22(12-10-21)19(23)15-5-3-4-6-16(15)20/h3-8,13H,9-12H2,1-2H3. The number of benzene rings is 2. The lowest BCUT2D eigenvalue weighted by Crippen LogP contribution is -2.49. The van der Waals surface area contributed by atoms with Gasteiger partial charge in [-0.3, -0.25) is 4.79 Å². The van der Waals surface area contributed by atoms with E-state index in [9.17, 15) is 9.18 Å². The number of piperazine rings is 1. The number of amides is 1. The Labute approximate surface area is 146 Å². The van der Waals surface area contributed by atoms with Crippen molar-refractivity contribution in [3.8, 4) is 11.5 Å². The predicted molar refractivity (Wildman–Crippen MR) is 94.1 cm³/mol. The van der Waals surface area contributed by atoms with Crippen molar-refractivity contribution < 1.29 is 18.7 Å². The molecule has 2 aromatic carbocycles. The van der Waals surface area contributed by atoms with Gasteiger partial charge in [-0.05, 0) is 24.3 Å². The van der Waals surface area contributed by atoms with Crippen molar-refractivity contribution in [2.45, 2.75) is 0 Å². The largest absolute Gasteiger partial charge is 0.497 e. The Kier molecular flexibility index (Phi) is 5.07. The zero-order chi connectivity index (χ0) is 17.8. The fourth-order valence-electron chi connectivity index (χ4n) is 3.00. The van der Waals surface area contributed by atoms with E-state index in [1.165, 1.54) is 12.1 Å². The molecular weight excluding hydrogens is 323 g/mol. The lowest BCUT2D eigenvalue weighted by Gasteiger charge is -2.36. The number of hydrogen-bond acceptors (Lipinski definition) is 4. The molecule has 0 atom stereocenters. The molecule has 0 unspecified atom stereocenters. The third-order valence-corrected chi connectivity index (χ3v) is 4.40. The molecule has 6 heteroatoms. The highest BCUT2D eigenvalue weighted by atomic mass is 19.1. The fourth-order valence-corrected chi connectivity index (χ4v) is 3.00. The second-order valence-corrected chi connectivity index (χ2v) is 5.80. The van der Waals surface area contributed by atoms with Gasteiger partial charge < -0.3 is 19.3 Å². The van der Waals surface area contributed by atoms with Crippen molar-refractivity contribution in [3.05, 3.63) is 53.8 Å². The smallest absolute Gasteiger partial charge is 0.256 e. The van der Waals surface area contributed by atoms with Crippen LogP contribution in [0.3, 0.4) is 0 Å². The molecule has 5 nitrogen and oxygen atoms in total. The molecule has 2 aromatic rings. The van der Waals surface area contributed by atoms with Crippen LogP contribution in [0, 0.1) is 5.82 Å². The summed E-state index contributed by atoms with van der Waals surface area (Å²) in [6.07, 6.45) is 0. The molecule has 1 aliphatic heterocycles. The quantitative estimate of drug-likeness (QED) is 0.855. The summed E-state index contributed by atoms with van der Waals surface area (Å²) >= 11 is 0. The van der Waals surface area contributed by atoms with E-state index in [4.69, 9.17) is 9.47 Å². The van der Waals surface area contributed by atoms with Gasteiger partial charge in [-0.2, -0.15) is 0 Å². The highest BCUT2D eigenvalue weighted by Crippen LogP contribution is 2.33. The van der Waals surface area contributed by atoms with Gasteiger partial charge in [0.05, 0.1) is 25.5 Å². The number of rotatable bonds is 4. The predicted octanol–water partition coefficient (Wildman–Crippen LogP) is 2.81. The molecule has 0 saturated carbocycles. The molecule has 132 valence electrons. The average Bonchev–Trinajstić information content (AvgIpc) is 2.67. The summed E-state index contributed by atoms with van der Waals surface area (Å²) < 4.78 is 24.5. The Balaban J connectivity index is 1.72. The van der Waals surface area contributed by atoms with Gasteiger partial charge in [0, 0.05) is 32.2 Å². The number of nitrogens with zero attached hydrogens (tertiary/aromatic N) is 2. The van der Waals surface area contributed by atoms with Crippen LogP contribution in [0.2, 0.25) is 0 Å². The Morgan fingerprint density at radius 1 is 1.00 bits per heavy atom. The third kappa shape index (κ3) is 3.52. The van der Waals surface area contributed by atoms with Crippen LogP contribution in [0.25, 0.3) is 0 Å². The fraction of sp³-hybridized carbons (Fsp3) is 0.316. The summed E-state index contributed by atoms with van der Waals surface area (Å²) in [5, 5.41) is 0. The molecule has 3 rings (SSSR count). The first-order valence-corrected chi connectivity index (χ1v) is 8.15. The molecule has 1 amide bonds. The van der Waals surface area contributed by atoms with Crippen LogP contribution in [0.4, 0.5) is 10.1 Å². The number of carbonyl (C=O) groups excluding carboxylic acids is 1. The van der Waals surface area contributed by atoms with E-state index in [2.05, 4.69) is 4.90 Å². The zero-order valence-electron chi connectivity index (χ0n) is 14.4. The zero-order valence-corrected chi connectivity index (χ0v) is 14.4. The minimum absolute atomic E-state index is 0.120. The maximum absolute atomic E-state index is 13.8. The third-order valence-electron chi connectivity index (χ3n) is 4.40. The van der Waals surface area contributed by atoms with Crippen LogP contribution in [0.5, 0.6) is 11.5 Å².